The average molecular weight is 674 g/mol. The highest BCUT2D eigenvalue weighted by molar-refractivity contribution is 8.13. The summed E-state index contributed by atoms with van der Waals surface area (Å²) in [6.07, 6.45) is 19.3. The molecule has 0 saturated heterocycles. The second-order valence-electron chi connectivity index (χ2n) is 13.9. The number of aldehydes is 1. The summed E-state index contributed by atoms with van der Waals surface area (Å²) >= 11 is 1.68. The van der Waals surface area contributed by atoms with Crippen LogP contribution in [-0.2, 0) is 17.1 Å². The molecule has 0 aliphatic heterocycles. The van der Waals surface area contributed by atoms with Crippen molar-refractivity contribution in [2.45, 2.75) is 90.5 Å². The minimum absolute atomic E-state index is 0.295. The Labute approximate surface area is 297 Å². The lowest BCUT2D eigenvalue weighted by Gasteiger charge is -2.45. The molecule has 5 rings (SSSR count). The monoisotopic (exact) mass is 673 g/mol. The summed E-state index contributed by atoms with van der Waals surface area (Å²) < 4.78 is 0. The van der Waals surface area contributed by atoms with E-state index in [1.165, 1.54) is 11.9 Å². The lowest BCUT2D eigenvalue weighted by atomic mass is 9.61. The van der Waals surface area contributed by atoms with Crippen LogP contribution in [0.1, 0.15) is 82.4 Å². The minimum atomic E-state index is -1.02. The van der Waals surface area contributed by atoms with E-state index in [1.54, 1.807) is 36.4 Å². The van der Waals surface area contributed by atoms with Gasteiger partial charge in [-0.15, -0.1) is 0 Å². The third-order valence-corrected chi connectivity index (χ3v) is 11.4. The first-order valence-corrected chi connectivity index (χ1v) is 18.6. The molecule has 2 aliphatic carbocycles. The van der Waals surface area contributed by atoms with Gasteiger partial charge in [0.1, 0.15) is 5.54 Å². The van der Waals surface area contributed by atoms with Gasteiger partial charge in [0.2, 0.25) is 0 Å². The largest absolute Gasteiger partial charge is 0.350 e. The van der Waals surface area contributed by atoms with Crippen LogP contribution in [0.5, 0.6) is 0 Å². The van der Waals surface area contributed by atoms with Crippen molar-refractivity contribution in [3.05, 3.63) is 114 Å². The third kappa shape index (κ3) is 7.88. The highest BCUT2D eigenvalue weighted by Crippen LogP contribution is 2.61. The van der Waals surface area contributed by atoms with E-state index < -0.39 is 5.54 Å². The summed E-state index contributed by atoms with van der Waals surface area (Å²) in [5.41, 5.74) is 7.95. The van der Waals surface area contributed by atoms with Gasteiger partial charge < -0.3 is 9.69 Å². The lowest BCUT2D eigenvalue weighted by Crippen LogP contribution is -2.48. The molecule has 256 valence electrons. The molecular weight excluding hydrogens is 623 g/mol. The Balaban J connectivity index is 1.63. The Morgan fingerprint density at radius 1 is 1.10 bits per heavy atom. The number of hydrogen-bond donors (Lipinski definition) is 0. The molecule has 1 atom stereocenters. The molecule has 1 aromatic heterocycles. The summed E-state index contributed by atoms with van der Waals surface area (Å²) in [5, 5.41) is 0.833. The number of rotatable bonds is 11. The minimum Gasteiger partial charge on any atom is -0.350 e. The molecule has 3 aromatic rings. The number of fused-ring (bicyclic) bond motifs is 1. The van der Waals surface area contributed by atoms with Gasteiger partial charge in [-0.2, -0.15) is 0 Å². The van der Waals surface area contributed by atoms with Crippen LogP contribution in [-0.4, -0.2) is 45.1 Å². The maximum Gasteiger partial charge on any atom is 0.160 e. The molecule has 1 spiro atoms. The van der Waals surface area contributed by atoms with Gasteiger partial charge >= 0.3 is 0 Å². The van der Waals surface area contributed by atoms with Crippen molar-refractivity contribution in [3.8, 4) is 0 Å². The fraction of sp³-hybridized carbons (Fsp3) is 0.405. The number of nitrogens with zero attached hydrogens (tertiary/aromatic N) is 5. The second kappa shape index (κ2) is 16.1. The van der Waals surface area contributed by atoms with Crippen LogP contribution in [0.3, 0.4) is 0 Å². The van der Waals surface area contributed by atoms with Crippen LogP contribution in [0, 0.1) is 18.3 Å². The molecule has 1 heterocycles. The molecule has 2 saturated carbocycles. The van der Waals surface area contributed by atoms with E-state index in [0.29, 0.717) is 18.2 Å². The SMILES string of the molecule is C=CC=Nc1cc(CSC(=NC2(C=O)/C(=C/C(=C\C)CCC)C(=C)CC23CCC(C)CC3)N(C)Cc2ccc3nccnc3c2)ccc1C. The summed E-state index contributed by atoms with van der Waals surface area (Å²) in [7, 11) is 2.08. The topological polar surface area (TPSA) is 70.8 Å². The van der Waals surface area contributed by atoms with E-state index in [-0.39, 0.29) is 5.41 Å². The highest BCUT2D eigenvalue weighted by atomic mass is 32.2. The second-order valence-corrected chi connectivity index (χ2v) is 14.8. The summed E-state index contributed by atoms with van der Waals surface area (Å²) in [6, 6.07) is 12.6. The normalized spacial score (nSPS) is 24.0. The first kappa shape index (κ1) is 36.2. The lowest BCUT2D eigenvalue weighted by molar-refractivity contribution is -0.115. The van der Waals surface area contributed by atoms with Gasteiger partial charge in [-0.1, -0.05) is 100 Å². The molecule has 7 heteroatoms. The molecule has 0 amide bonds. The number of hydrogen-bond acceptors (Lipinski definition) is 6. The van der Waals surface area contributed by atoms with Crippen LogP contribution in [0.4, 0.5) is 5.69 Å². The van der Waals surface area contributed by atoms with Crippen molar-refractivity contribution in [2.24, 2.45) is 21.3 Å². The highest BCUT2D eigenvalue weighted by Gasteiger charge is 2.60. The Morgan fingerprint density at radius 3 is 2.53 bits per heavy atom. The predicted molar refractivity (Wildman–Crippen MR) is 209 cm³/mol. The molecule has 2 aliphatic rings. The molecule has 0 bridgehead atoms. The van der Waals surface area contributed by atoms with Gasteiger partial charge in [0.15, 0.2) is 11.5 Å². The van der Waals surface area contributed by atoms with Crippen molar-refractivity contribution >= 4 is 46.2 Å². The quantitative estimate of drug-likeness (QED) is 0.115. The average Bonchev–Trinajstić information content (AvgIpc) is 3.32. The standard InChI is InChI=1S/C42H51N5OS/c1-8-11-33(10-3)23-36-32(6)26-41(18-16-30(4)17-19-41)42(36,29-48)46-40(49-28-35-13-12-31(5)38(25-35)43-20-9-2)47(7)27-34-14-15-37-39(24-34)45-22-21-44-37/h9-10,12-15,20-25,29-30H,2,6,8,11,16-19,26-28H2,1,3-5,7H3/b33-10-,36-23+,43-20?,46-40?. The van der Waals surface area contributed by atoms with Crippen LogP contribution in [0.15, 0.2) is 107 Å². The molecule has 2 fully saturated rings. The molecule has 2 aromatic carbocycles. The van der Waals surface area contributed by atoms with E-state index in [1.807, 2.05) is 6.07 Å². The molecular formula is C42H51N5OS. The maximum atomic E-state index is 13.9. The number of aliphatic imine (C=N–C) groups is 2. The summed E-state index contributed by atoms with van der Waals surface area (Å²) in [5.74, 6) is 1.32. The number of benzene rings is 2. The number of aryl methyl sites for hydroxylation is 1. The van der Waals surface area contributed by atoms with Gasteiger partial charge in [0.25, 0.3) is 0 Å². The van der Waals surface area contributed by atoms with Gasteiger partial charge in [0.05, 0.1) is 16.7 Å². The first-order chi connectivity index (χ1) is 23.7. The van der Waals surface area contributed by atoms with Gasteiger partial charge in [0, 0.05) is 43.4 Å². The van der Waals surface area contributed by atoms with Crippen LogP contribution in [0.2, 0.25) is 0 Å². The molecule has 0 radical (unpaired) electrons. The zero-order chi connectivity index (χ0) is 35.0. The molecule has 0 N–H and O–H groups in total. The number of aromatic nitrogens is 2. The molecule has 49 heavy (non-hydrogen) atoms. The Bertz CT molecular complexity index is 1810. The number of carbonyl (C=O) groups is 1. The smallest absolute Gasteiger partial charge is 0.160 e. The first-order valence-electron chi connectivity index (χ1n) is 17.6. The fourth-order valence-corrected chi connectivity index (χ4v) is 8.41. The van der Waals surface area contributed by atoms with E-state index in [0.717, 1.165) is 94.7 Å². The zero-order valence-electron chi connectivity index (χ0n) is 29.9. The van der Waals surface area contributed by atoms with Crippen molar-refractivity contribution in [1.82, 2.24) is 14.9 Å². The third-order valence-electron chi connectivity index (χ3n) is 10.3. The van der Waals surface area contributed by atoms with Crippen molar-refractivity contribution in [3.63, 3.8) is 0 Å². The maximum absolute atomic E-state index is 13.9. The van der Waals surface area contributed by atoms with Crippen LogP contribution < -0.4 is 0 Å². The van der Waals surface area contributed by atoms with Crippen LogP contribution in [0.25, 0.3) is 11.0 Å². The van der Waals surface area contributed by atoms with Gasteiger partial charge in [-0.3, -0.25) is 15.0 Å². The van der Waals surface area contributed by atoms with E-state index in [4.69, 9.17) is 4.99 Å². The number of carbonyl (C=O) groups excluding carboxylic acids is 1. The Hall–Kier alpha value is -4.10. The zero-order valence-corrected chi connectivity index (χ0v) is 30.7. The number of amidine groups is 1. The van der Waals surface area contributed by atoms with E-state index in [9.17, 15) is 4.79 Å². The molecule has 1 unspecified atom stereocenters. The predicted octanol–water partition coefficient (Wildman–Crippen LogP) is 10.3. The van der Waals surface area contributed by atoms with Gasteiger partial charge in [-0.25, -0.2) is 4.99 Å². The van der Waals surface area contributed by atoms with Crippen molar-refractivity contribution in [1.29, 1.82) is 0 Å². The summed E-state index contributed by atoms with van der Waals surface area (Å²) in [6.45, 7) is 17.7. The van der Waals surface area contributed by atoms with E-state index in [2.05, 4.69) is 110 Å². The number of allylic oxidation sites excluding steroid dienone is 4. The Kier molecular flexibility index (Phi) is 11.9. The molecule has 6 nitrogen and oxygen atoms in total. The van der Waals surface area contributed by atoms with Crippen LogP contribution >= 0.6 is 11.8 Å². The number of thioether (sulfide) groups is 1. The van der Waals surface area contributed by atoms with Gasteiger partial charge in [-0.05, 0) is 91.5 Å². The Morgan fingerprint density at radius 2 is 1.84 bits per heavy atom. The fourth-order valence-electron chi connectivity index (χ4n) is 7.44. The van der Waals surface area contributed by atoms with Crippen molar-refractivity contribution in [2.75, 3.05) is 7.05 Å². The van der Waals surface area contributed by atoms with E-state index >= 15 is 0 Å². The summed E-state index contributed by atoms with van der Waals surface area (Å²) in [4.78, 5) is 35.4. The van der Waals surface area contributed by atoms with Crippen molar-refractivity contribution < 1.29 is 4.79 Å².